The molecule has 1 heterocycles. The molecule has 9 heavy (non-hydrogen) atoms. The van der Waals surface area contributed by atoms with Gasteiger partial charge in [0, 0.05) is 0 Å². The van der Waals surface area contributed by atoms with Gasteiger partial charge in [0.1, 0.15) is 0 Å². The quantitative estimate of drug-likeness (QED) is 0.618. The number of nitrogens with zero attached hydrogens (tertiary/aromatic N) is 1. The van der Waals surface area contributed by atoms with Gasteiger partial charge in [-0.15, -0.1) is 0 Å². The third-order valence-electron chi connectivity index (χ3n) is 0.969. The van der Waals surface area contributed by atoms with Crippen molar-refractivity contribution < 1.29 is 0 Å². The second-order valence-corrected chi connectivity index (χ2v) is 4.61. The predicted molar refractivity (Wildman–Crippen MR) is 40.1 cm³/mol. The maximum atomic E-state index is 4.21. The van der Waals surface area contributed by atoms with E-state index in [1.807, 2.05) is 18.3 Å². The molecule has 0 aromatic carbocycles. The van der Waals surface area contributed by atoms with Crippen LogP contribution in [0, 0.1) is 0 Å². The minimum atomic E-state index is 0.349. The molecule has 2 heteroatoms. The Kier molecular flexibility index (Phi) is 2.79. The minimum absolute atomic E-state index is 0.349. The predicted octanol–water partition coefficient (Wildman–Crippen LogP) is 0.849. The van der Waals surface area contributed by atoms with Crippen molar-refractivity contribution in [2.24, 2.45) is 0 Å². The van der Waals surface area contributed by atoms with Crippen LogP contribution in [0.5, 0.6) is 0 Å². The van der Waals surface area contributed by atoms with Gasteiger partial charge < -0.3 is 0 Å². The molecule has 1 aromatic heterocycles. The van der Waals surface area contributed by atoms with Gasteiger partial charge in [0.05, 0.1) is 0 Å². The monoisotopic (exact) mass is 182 g/mol. The molecule has 0 fully saturated rings. The van der Waals surface area contributed by atoms with E-state index in [4.69, 9.17) is 0 Å². The normalized spacial score (nSPS) is 10.8. The van der Waals surface area contributed by atoms with Crippen LogP contribution >= 0.6 is 0 Å². The van der Waals surface area contributed by atoms with Crippen molar-refractivity contribution in [3.05, 3.63) is 24.4 Å². The summed E-state index contributed by atoms with van der Waals surface area (Å²) >= 11 is 0.349. The molecule has 0 aliphatic rings. The summed E-state index contributed by atoms with van der Waals surface area (Å²) in [6.07, 6.45) is 1.86. The molecule has 0 saturated heterocycles. The average Bonchev–Trinajstić information content (AvgIpc) is 1.91. The van der Waals surface area contributed by atoms with Gasteiger partial charge in [-0.3, -0.25) is 0 Å². The summed E-state index contributed by atoms with van der Waals surface area (Å²) in [6, 6.07) is 6.11. The van der Waals surface area contributed by atoms with Crippen LogP contribution in [0.15, 0.2) is 24.4 Å². The molecule has 1 nitrogen and oxygen atoms in total. The van der Waals surface area contributed by atoms with Gasteiger partial charge in [0.2, 0.25) is 0 Å². The number of pyridine rings is 1. The topological polar surface area (TPSA) is 12.9 Å². The van der Waals surface area contributed by atoms with Crippen LogP contribution in [0.25, 0.3) is 0 Å². The van der Waals surface area contributed by atoms with E-state index in [1.54, 1.807) is 0 Å². The molecule has 0 bridgehead atoms. The van der Waals surface area contributed by atoms with Gasteiger partial charge in [-0.05, 0) is 0 Å². The first kappa shape index (κ1) is 6.82. The van der Waals surface area contributed by atoms with Crippen LogP contribution < -0.4 is 4.48 Å². The first-order valence-electron chi connectivity index (χ1n) is 3.02. The number of hydrogen-bond acceptors (Lipinski definition) is 1. The molecule has 1 aromatic rings. The van der Waals surface area contributed by atoms with E-state index < -0.39 is 0 Å². The summed E-state index contributed by atoms with van der Waals surface area (Å²) in [6.45, 7) is 2.20. The van der Waals surface area contributed by atoms with Crippen molar-refractivity contribution in [2.75, 3.05) is 0 Å². The molecule has 47 valence electrons. The Balaban J connectivity index is 2.61. The van der Waals surface area contributed by atoms with E-state index >= 15 is 0 Å². The van der Waals surface area contributed by atoms with E-state index in [9.17, 15) is 0 Å². The Bertz CT molecular complexity index is 162. The zero-order valence-corrected chi connectivity index (χ0v) is 7.29. The third kappa shape index (κ3) is 2.19. The van der Waals surface area contributed by atoms with Crippen molar-refractivity contribution in [1.82, 2.24) is 4.98 Å². The van der Waals surface area contributed by atoms with Crippen molar-refractivity contribution >= 4 is 20.2 Å². The molecule has 0 aliphatic heterocycles. The van der Waals surface area contributed by atoms with Crippen LogP contribution in [0.4, 0.5) is 0 Å². The first-order valence-corrected chi connectivity index (χ1v) is 5.28. The first-order chi connectivity index (χ1) is 4.43. The average molecular weight is 182 g/mol. The SMILES string of the molecule is CC[As]c1ccccn1. The van der Waals surface area contributed by atoms with E-state index in [-0.39, 0.29) is 0 Å². The van der Waals surface area contributed by atoms with Gasteiger partial charge >= 0.3 is 61.7 Å². The van der Waals surface area contributed by atoms with Crippen molar-refractivity contribution in [1.29, 1.82) is 0 Å². The summed E-state index contributed by atoms with van der Waals surface area (Å²) in [4.78, 5) is 4.21. The Hall–Kier alpha value is -0.292. The third-order valence-corrected chi connectivity index (χ3v) is 2.87. The molecule has 0 atom stereocenters. The van der Waals surface area contributed by atoms with E-state index in [2.05, 4.69) is 18.0 Å². The van der Waals surface area contributed by atoms with Crippen LogP contribution in [0.2, 0.25) is 5.21 Å². The Morgan fingerprint density at radius 2 is 2.44 bits per heavy atom. The maximum absolute atomic E-state index is 4.21. The summed E-state index contributed by atoms with van der Waals surface area (Å²) in [5.74, 6) is 0. The van der Waals surface area contributed by atoms with Gasteiger partial charge in [0.25, 0.3) is 0 Å². The summed E-state index contributed by atoms with van der Waals surface area (Å²) in [7, 11) is 0. The molecular weight excluding hydrogens is 173 g/mol. The fourth-order valence-corrected chi connectivity index (χ4v) is 2.00. The van der Waals surface area contributed by atoms with Crippen molar-refractivity contribution in [3.8, 4) is 0 Å². The van der Waals surface area contributed by atoms with Crippen LogP contribution in [-0.4, -0.2) is 20.7 Å². The van der Waals surface area contributed by atoms with Gasteiger partial charge in [0.15, 0.2) is 0 Å². The summed E-state index contributed by atoms with van der Waals surface area (Å²) < 4.78 is 1.29. The number of hydrogen-bond donors (Lipinski definition) is 0. The standard InChI is InChI=1S/C7H9AsN/c1-2-8-7-5-3-4-6-9-7/h3-6H,2H2,1H3. The van der Waals surface area contributed by atoms with E-state index in [1.165, 1.54) is 9.69 Å². The molecule has 0 N–H and O–H groups in total. The Labute approximate surface area is 62.2 Å². The number of aromatic nitrogens is 1. The molecular formula is C7H9AsN. The summed E-state index contributed by atoms with van der Waals surface area (Å²) in [5, 5.41) is 1.27. The van der Waals surface area contributed by atoms with E-state index in [0.717, 1.165) is 0 Å². The van der Waals surface area contributed by atoms with Crippen LogP contribution in [0.1, 0.15) is 6.92 Å². The molecule has 1 radical (unpaired) electrons. The molecule has 0 amide bonds. The van der Waals surface area contributed by atoms with Crippen LogP contribution in [-0.2, 0) is 0 Å². The molecule has 0 spiro atoms. The van der Waals surface area contributed by atoms with E-state index in [0.29, 0.717) is 15.8 Å². The van der Waals surface area contributed by atoms with Gasteiger partial charge in [-0.25, -0.2) is 0 Å². The Morgan fingerprint density at radius 3 is 3.00 bits per heavy atom. The van der Waals surface area contributed by atoms with Crippen molar-refractivity contribution in [3.63, 3.8) is 0 Å². The van der Waals surface area contributed by atoms with Crippen LogP contribution in [0.3, 0.4) is 0 Å². The second kappa shape index (κ2) is 3.68. The zero-order chi connectivity index (χ0) is 6.53. The summed E-state index contributed by atoms with van der Waals surface area (Å²) in [5.41, 5.74) is 0. The fraction of sp³-hybridized carbons (Fsp3) is 0.286. The van der Waals surface area contributed by atoms with Gasteiger partial charge in [-0.1, -0.05) is 0 Å². The molecule has 0 saturated carbocycles. The van der Waals surface area contributed by atoms with Crippen molar-refractivity contribution in [2.45, 2.75) is 12.1 Å². The molecule has 1 rings (SSSR count). The second-order valence-electron chi connectivity index (χ2n) is 1.66. The zero-order valence-electron chi connectivity index (χ0n) is 5.41. The molecule has 0 unspecified atom stereocenters. The van der Waals surface area contributed by atoms with Gasteiger partial charge in [-0.2, -0.15) is 0 Å². The Morgan fingerprint density at radius 1 is 1.56 bits per heavy atom. The molecule has 0 aliphatic carbocycles. The number of rotatable bonds is 2. The fourth-order valence-electron chi connectivity index (χ4n) is 0.609.